The van der Waals surface area contributed by atoms with E-state index in [1.807, 2.05) is 0 Å². The van der Waals surface area contributed by atoms with Gasteiger partial charge in [-0.25, -0.2) is 8.75 Å². The first-order chi connectivity index (χ1) is 7.10. The molecule has 0 bridgehead atoms. The number of hydrogen-bond donors (Lipinski definition) is 0. The topological polar surface area (TPSA) is 65.6 Å². The minimum atomic E-state index is -0.428. The van der Waals surface area contributed by atoms with Crippen molar-refractivity contribution < 1.29 is 9.53 Å². The number of rotatable bonds is 3. The molecule has 0 aliphatic heterocycles. The van der Waals surface area contributed by atoms with Gasteiger partial charge in [-0.05, 0) is 18.5 Å². The monoisotopic (exact) mass is 231 g/mol. The number of aromatic nitrogens is 2. The zero-order valence-electron chi connectivity index (χ0n) is 8.89. The average molecular weight is 231 g/mol. The maximum absolute atomic E-state index is 11.6. The average Bonchev–Trinajstić information content (AvgIpc) is 2.46. The Morgan fingerprint density at radius 2 is 2.27 bits per heavy atom. The Morgan fingerprint density at radius 1 is 1.60 bits per heavy atom. The summed E-state index contributed by atoms with van der Waals surface area (Å²) in [7, 11) is 3.20. The number of ether oxygens (including phenoxy) is 1. The summed E-state index contributed by atoms with van der Waals surface area (Å²) < 4.78 is 7.48. The molecule has 0 aliphatic rings. The maximum atomic E-state index is 11.6. The fraction of sp³-hybridized carbons (Fsp3) is 0.625. The zero-order chi connectivity index (χ0) is 11.4. The van der Waals surface area contributed by atoms with Crippen LogP contribution in [0, 0.1) is 0 Å². The molecular weight excluding hydrogens is 218 g/mol. The Morgan fingerprint density at radius 3 is 2.80 bits per heavy atom. The van der Waals surface area contributed by atoms with Crippen LogP contribution < -0.4 is 10.5 Å². The summed E-state index contributed by atoms with van der Waals surface area (Å²) in [5, 5.41) is 0. The van der Waals surface area contributed by atoms with Crippen LogP contribution in [-0.2, 0) is 23.1 Å². The van der Waals surface area contributed by atoms with E-state index in [0.29, 0.717) is 11.4 Å². The van der Waals surface area contributed by atoms with Crippen LogP contribution in [0.5, 0.6) is 0 Å². The summed E-state index contributed by atoms with van der Waals surface area (Å²) in [6.07, 6.45) is 0. The summed E-state index contributed by atoms with van der Waals surface area (Å²) in [4.78, 5) is 27.2. The summed E-state index contributed by atoms with van der Waals surface area (Å²) >= 11 is 1.19. The third-order valence-corrected chi connectivity index (χ3v) is 2.73. The van der Waals surface area contributed by atoms with Gasteiger partial charge >= 0.3 is 11.7 Å². The van der Waals surface area contributed by atoms with Crippen LogP contribution in [0.15, 0.2) is 9.79 Å². The lowest BCUT2D eigenvalue weighted by Crippen LogP contribution is -2.32. The number of hydrogen-bond acceptors (Lipinski definition) is 5. The lowest BCUT2D eigenvalue weighted by atomic mass is 10.6. The van der Waals surface area contributed by atoms with E-state index in [1.54, 1.807) is 21.0 Å². The number of nitrogens with zero attached hydrogens (tertiary/aromatic N) is 3. The maximum Gasteiger partial charge on any atom is 0.340 e. The van der Waals surface area contributed by atoms with Gasteiger partial charge < -0.3 is 4.74 Å². The minimum absolute atomic E-state index is 0.0866. The molecule has 1 heterocycles. The Kier molecular flexibility index (Phi) is 3.84. The number of aryl methyl sites for hydroxylation is 1. The van der Waals surface area contributed by atoms with Crippen molar-refractivity contribution in [3.8, 4) is 0 Å². The van der Waals surface area contributed by atoms with E-state index >= 15 is 0 Å². The van der Waals surface area contributed by atoms with Crippen molar-refractivity contribution in [2.24, 2.45) is 12.0 Å². The largest absolute Gasteiger partial charge is 0.465 e. The van der Waals surface area contributed by atoms with E-state index in [9.17, 15) is 9.59 Å². The van der Waals surface area contributed by atoms with Crippen LogP contribution in [-0.4, -0.2) is 28.1 Å². The van der Waals surface area contributed by atoms with Crippen LogP contribution in [0.25, 0.3) is 0 Å². The summed E-state index contributed by atoms with van der Waals surface area (Å²) in [6, 6.07) is 0. The van der Waals surface area contributed by atoms with Gasteiger partial charge in [-0.15, -0.1) is 0 Å². The van der Waals surface area contributed by atoms with Gasteiger partial charge in [0.25, 0.3) is 0 Å². The van der Waals surface area contributed by atoms with Crippen LogP contribution in [0.3, 0.4) is 0 Å². The normalized spacial score (nSPS) is 11.8. The Bertz CT molecular complexity index is 468. The van der Waals surface area contributed by atoms with Gasteiger partial charge in [-0.3, -0.25) is 14.4 Å². The summed E-state index contributed by atoms with van der Waals surface area (Å²) in [6.45, 7) is 1.94. The third kappa shape index (κ3) is 2.56. The van der Waals surface area contributed by atoms with Gasteiger partial charge in [0.15, 0.2) is 0 Å². The molecule has 0 N–H and O–H groups in total. The van der Waals surface area contributed by atoms with Crippen molar-refractivity contribution >= 4 is 17.5 Å². The number of esters is 1. The second-order valence-electron chi connectivity index (χ2n) is 2.77. The molecule has 0 spiro atoms. The van der Waals surface area contributed by atoms with Crippen molar-refractivity contribution in [3.63, 3.8) is 0 Å². The van der Waals surface area contributed by atoms with Gasteiger partial charge in [-0.2, -0.15) is 0 Å². The second-order valence-corrected chi connectivity index (χ2v) is 3.86. The Balaban J connectivity index is 3.04. The van der Waals surface area contributed by atoms with Crippen molar-refractivity contribution in [2.75, 3.05) is 13.7 Å². The highest BCUT2D eigenvalue weighted by Crippen LogP contribution is 1.86. The molecule has 0 fully saturated rings. The zero-order valence-corrected chi connectivity index (χ0v) is 9.71. The van der Waals surface area contributed by atoms with E-state index in [0.717, 1.165) is 0 Å². The van der Waals surface area contributed by atoms with Crippen LogP contribution in [0.4, 0.5) is 0 Å². The first kappa shape index (κ1) is 11.7. The minimum Gasteiger partial charge on any atom is -0.465 e. The molecular formula is C8H13N3O3S. The summed E-state index contributed by atoms with van der Waals surface area (Å²) in [5.41, 5.74) is -0.256. The SMILES string of the molecule is CCOC(=O)Cn1c(=NC)sn(C)c1=O. The molecule has 84 valence electrons. The molecule has 0 saturated heterocycles. The number of carbonyl (C=O) groups is 1. The predicted molar refractivity (Wildman–Crippen MR) is 55.7 cm³/mol. The highest BCUT2D eigenvalue weighted by Gasteiger charge is 2.10. The smallest absolute Gasteiger partial charge is 0.340 e. The van der Waals surface area contributed by atoms with E-state index in [-0.39, 0.29) is 12.2 Å². The standard InChI is InChI=1S/C8H13N3O3S/c1-4-14-6(12)5-11-7(9-2)15-10(3)8(11)13/h4-5H2,1-3H3. The fourth-order valence-corrected chi connectivity index (χ4v) is 1.84. The van der Waals surface area contributed by atoms with E-state index < -0.39 is 5.97 Å². The van der Waals surface area contributed by atoms with Gasteiger partial charge in [0.2, 0.25) is 4.80 Å². The van der Waals surface area contributed by atoms with E-state index in [4.69, 9.17) is 4.74 Å². The second kappa shape index (κ2) is 4.92. The van der Waals surface area contributed by atoms with Crippen molar-refractivity contribution in [3.05, 3.63) is 15.3 Å². The molecule has 0 saturated carbocycles. The molecule has 6 nitrogen and oxygen atoms in total. The molecule has 15 heavy (non-hydrogen) atoms. The highest BCUT2D eigenvalue weighted by molar-refractivity contribution is 7.03. The first-order valence-electron chi connectivity index (χ1n) is 4.45. The van der Waals surface area contributed by atoms with Crippen molar-refractivity contribution in [2.45, 2.75) is 13.5 Å². The molecule has 0 radical (unpaired) electrons. The van der Waals surface area contributed by atoms with E-state index in [2.05, 4.69) is 4.99 Å². The first-order valence-corrected chi connectivity index (χ1v) is 5.23. The van der Waals surface area contributed by atoms with Gasteiger partial charge in [0.1, 0.15) is 6.54 Å². The molecule has 7 heteroatoms. The Labute approximate surface area is 90.6 Å². The number of carbonyl (C=O) groups excluding carboxylic acids is 1. The van der Waals surface area contributed by atoms with Gasteiger partial charge in [-0.1, -0.05) is 0 Å². The fourth-order valence-electron chi connectivity index (χ4n) is 1.10. The third-order valence-electron chi connectivity index (χ3n) is 1.73. The van der Waals surface area contributed by atoms with Crippen LogP contribution >= 0.6 is 11.5 Å². The van der Waals surface area contributed by atoms with Crippen LogP contribution in [0.1, 0.15) is 6.92 Å². The lowest BCUT2D eigenvalue weighted by molar-refractivity contribution is -0.143. The molecule has 0 aliphatic carbocycles. The lowest BCUT2D eigenvalue weighted by Gasteiger charge is -2.00. The molecule has 0 unspecified atom stereocenters. The van der Waals surface area contributed by atoms with Crippen molar-refractivity contribution in [1.29, 1.82) is 0 Å². The van der Waals surface area contributed by atoms with Gasteiger partial charge in [0.05, 0.1) is 6.61 Å². The molecule has 0 aromatic carbocycles. The van der Waals surface area contributed by atoms with Gasteiger partial charge in [0, 0.05) is 14.1 Å². The predicted octanol–water partition coefficient (Wildman–Crippen LogP) is -0.658. The quantitative estimate of drug-likeness (QED) is 0.649. The molecule has 0 amide bonds. The molecule has 1 aromatic rings. The molecule has 0 atom stereocenters. The van der Waals surface area contributed by atoms with E-state index in [1.165, 1.54) is 20.1 Å². The molecule has 1 rings (SSSR count). The Hall–Kier alpha value is -1.37. The van der Waals surface area contributed by atoms with Crippen molar-refractivity contribution in [1.82, 2.24) is 8.52 Å². The molecule has 1 aromatic heterocycles. The summed E-state index contributed by atoms with van der Waals surface area (Å²) in [5.74, 6) is -0.428. The van der Waals surface area contributed by atoms with Crippen LogP contribution in [0.2, 0.25) is 0 Å². The highest BCUT2D eigenvalue weighted by atomic mass is 32.1.